The molecule has 5 nitrogen and oxygen atoms in total. The lowest BCUT2D eigenvalue weighted by atomic mass is 9.83. The Morgan fingerprint density at radius 1 is 1.39 bits per heavy atom. The molecule has 0 bridgehead atoms. The molecule has 1 aliphatic heterocycles. The smallest absolute Gasteiger partial charge is 0.410 e. The van der Waals surface area contributed by atoms with Gasteiger partial charge in [0, 0.05) is 12.5 Å². The molecule has 0 aromatic carbocycles. The number of nitrogens with zero attached hydrogens (tertiary/aromatic N) is 1. The molecule has 5 heteroatoms. The molecule has 1 aliphatic carbocycles. The molecule has 0 aromatic rings. The van der Waals surface area contributed by atoms with Crippen LogP contribution in [0.5, 0.6) is 0 Å². The number of carbonyl (C=O) groups is 2. The fourth-order valence-electron chi connectivity index (χ4n) is 2.85. The molecule has 18 heavy (non-hydrogen) atoms. The van der Waals surface area contributed by atoms with Gasteiger partial charge in [-0.2, -0.15) is 0 Å². The van der Waals surface area contributed by atoms with Crippen molar-refractivity contribution < 1.29 is 19.1 Å². The van der Waals surface area contributed by atoms with Crippen molar-refractivity contribution >= 4 is 12.1 Å². The minimum absolute atomic E-state index is 0.0958. The molecule has 0 atom stereocenters. The Morgan fingerprint density at radius 2 is 2.11 bits per heavy atom. The summed E-state index contributed by atoms with van der Waals surface area (Å²) in [6.07, 6.45) is 4.27. The van der Waals surface area contributed by atoms with E-state index >= 15 is 0 Å². The normalized spacial score (nSPS) is 28.1. The second-order valence-corrected chi connectivity index (χ2v) is 4.99. The van der Waals surface area contributed by atoms with Crippen LogP contribution in [0.4, 0.5) is 4.79 Å². The third-order valence-electron chi connectivity index (χ3n) is 3.81. The van der Waals surface area contributed by atoms with E-state index in [0.29, 0.717) is 38.1 Å². The van der Waals surface area contributed by atoms with Crippen molar-refractivity contribution in [2.45, 2.75) is 45.1 Å². The zero-order chi connectivity index (χ0) is 13.0. The van der Waals surface area contributed by atoms with Crippen LogP contribution < -0.4 is 0 Å². The molecule has 1 saturated carbocycles. The molecule has 2 rings (SSSR count). The maximum absolute atomic E-state index is 11.4. The van der Waals surface area contributed by atoms with Crippen LogP contribution in [0.25, 0.3) is 0 Å². The molecule has 0 aromatic heterocycles. The molecule has 1 amide bonds. The van der Waals surface area contributed by atoms with E-state index in [0.717, 1.165) is 25.7 Å². The monoisotopic (exact) mass is 255 g/mol. The number of hydrogen-bond donors (Lipinski definition) is 0. The summed E-state index contributed by atoms with van der Waals surface area (Å²) < 4.78 is 9.92. The first kappa shape index (κ1) is 13.2. The third-order valence-corrected chi connectivity index (χ3v) is 3.81. The molecule has 0 spiro atoms. The van der Waals surface area contributed by atoms with Gasteiger partial charge in [-0.3, -0.25) is 4.79 Å². The summed E-state index contributed by atoms with van der Waals surface area (Å²) >= 11 is 0. The van der Waals surface area contributed by atoms with E-state index < -0.39 is 0 Å². The van der Waals surface area contributed by atoms with E-state index in [9.17, 15) is 9.59 Å². The zero-order valence-electron chi connectivity index (χ0n) is 10.9. The molecule has 2 fully saturated rings. The first-order chi connectivity index (χ1) is 8.70. The fourth-order valence-corrected chi connectivity index (χ4v) is 2.85. The third kappa shape index (κ3) is 3.15. The Bertz CT molecular complexity index is 310. The van der Waals surface area contributed by atoms with Gasteiger partial charge in [0.15, 0.2) is 0 Å². The fraction of sp³-hybridized carbons (Fsp3) is 0.846. The Hall–Kier alpha value is -1.26. The van der Waals surface area contributed by atoms with Crippen molar-refractivity contribution in [2.75, 3.05) is 19.8 Å². The summed E-state index contributed by atoms with van der Waals surface area (Å²) in [6, 6.07) is 0.304. The van der Waals surface area contributed by atoms with E-state index in [2.05, 4.69) is 0 Å². The highest BCUT2D eigenvalue weighted by atomic mass is 16.6. The van der Waals surface area contributed by atoms with Gasteiger partial charge in [-0.05, 0) is 38.5 Å². The van der Waals surface area contributed by atoms with Crippen molar-refractivity contribution in [2.24, 2.45) is 5.92 Å². The highest BCUT2D eigenvalue weighted by Gasteiger charge is 2.33. The van der Waals surface area contributed by atoms with Crippen LogP contribution in [0.1, 0.15) is 39.0 Å². The van der Waals surface area contributed by atoms with Gasteiger partial charge in [-0.15, -0.1) is 0 Å². The topological polar surface area (TPSA) is 55.8 Å². The highest BCUT2D eigenvalue weighted by molar-refractivity contribution is 5.70. The second kappa shape index (κ2) is 6.07. The molecule has 1 heterocycles. The van der Waals surface area contributed by atoms with Gasteiger partial charge in [0.1, 0.15) is 6.61 Å². The summed E-state index contributed by atoms with van der Waals surface area (Å²) in [7, 11) is 0. The van der Waals surface area contributed by atoms with Crippen molar-refractivity contribution in [3.63, 3.8) is 0 Å². The van der Waals surface area contributed by atoms with Crippen LogP contribution >= 0.6 is 0 Å². The standard InChI is InChI=1S/C13H21NO4/c1-2-17-12(15)9-10-3-5-11(6-4-10)14-7-8-18-13(14)16/h10-11H,2-9H2,1H3/t10-,11-. The molecule has 1 saturated heterocycles. The van der Waals surface area contributed by atoms with Gasteiger partial charge in [-0.1, -0.05) is 0 Å². The summed E-state index contributed by atoms with van der Waals surface area (Å²) in [5, 5.41) is 0. The molecular formula is C13H21NO4. The summed E-state index contributed by atoms with van der Waals surface area (Å²) in [4.78, 5) is 24.7. The highest BCUT2D eigenvalue weighted by Crippen LogP contribution is 2.31. The van der Waals surface area contributed by atoms with Crippen molar-refractivity contribution in [3.8, 4) is 0 Å². The number of carbonyl (C=O) groups excluding carboxylic acids is 2. The quantitative estimate of drug-likeness (QED) is 0.720. The number of rotatable bonds is 4. The second-order valence-electron chi connectivity index (χ2n) is 4.99. The molecule has 0 unspecified atom stereocenters. The van der Waals surface area contributed by atoms with Crippen LogP contribution in [0.2, 0.25) is 0 Å². The van der Waals surface area contributed by atoms with E-state index in [1.165, 1.54) is 0 Å². The average Bonchev–Trinajstić information content (AvgIpc) is 2.77. The summed E-state index contributed by atoms with van der Waals surface area (Å²) in [5.41, 5.74) is 0. The minimum Gasteiger partial charge on any atom is -0.466 e. The van der Waals surface area contributed by atoms with Gasteiger partial charge < -0.3 is 14.4 Å². The van der Waals surface area contributed by atoms with Crippen LogP contribution in [-0.2, 0) is 14.3 Å². The Kier molecular flexibility index (Phi) is 4.44. The lowest BCUT2D eigenvalue weighted by Crippen LogP contribution is -2.38. The SMILES string of the molecule is CCOC(=O)C[C@H]1CC[C@H](N2CCOC2=O)CC1. The average molecular weight is 255 g/mol. The van der Waals surface area contributed by atoms with Gasteiger partial charge >= 0.3 is 12.1 Å². The van der Waals surface area contributed by atoms with E-state index in [-0.39, 0.29) is 12.1 Å². The van der Waals surface area contributed by atoms with Gasteiger partial charge in [0.05, 0.1) is 13.2 Å². The number of hydrogen-bond acceptors (Lipinski definition) is 4. The predicted molar refractivity (Wildman–Crippen MR) is 65.1 cm³/mol. The molecular weight excluding hydrogens is 234 g/mol. The Morgan fingerprint density at radius 3 is 2.67 bits per heavy atom. The molecule has 2 aliphatic rings. The number of cyclic esters (lactones) is 1. The van der Waals surface area contributed by atoms with Gasteiger partial charge in [-0.25, -0.2) is 4.79 Å². The maximum atomic E-state index is 11.4. The largest absolute Gasteiger partial charge is 0.466 e. The zero-order valence-corrected chi connectivity index (χ0v) is 10.9. The van der Waals surface area contributed by atoms with Crippen LogP contribution in [0.15, 0.2) is 0 Å². The van der Waals surface area contributed by atoms with Crippen molar-refractivity contribution in [1.82, 2.24) is 4.90 Å². The van der Waals surface area contributed by atoms with Gasteiger partial charge in [0.2, 0.25) is 0 Å². The number of ether oxygens (including phenoxy) is 2. The molecule has 0 radical (unpaired) electrons. The molecule has 102 valence electrons. The van der Waals surface area contributed by atoms with Crippen LogP contribution in [0, 0.1) is 5.92 Å². The first-order valence-electron chi connectivity index (χ1n) is 6.79. The van der Waals surface area contributed by atoms with Crippen molar-refractivity contribution in [3.05, 3.63) is 0 Å². The predicted octanol–water partition coefficient (Wildman–Crippen LogP) is 1.95. The van der Waals surface area contributed by atoms with E-state index in [4.69, 9.17) is 9.47 Å². The maximum Gasteiger partial charge on any atom is 0.410 e. The lowest BCUT2D eigenvalue weighted by Gasteiger charge is -2.32. The minimum atomic E-state index is -0.177. The summed E-state index contributed by atoms with van der Waals surface area (Å²) in [5.74, 6) is 0.320. The van der Waals surface area contributed by atoms with E-state index in [1.807, 2.05) is 11.8 Å². The van der Waals surface area contributed by atoms with Gasteiger partial charge in [0.25, 0.3) is 0 Å². The number of esters is 1. The van der Waals surface area contributed by atoms with Crippen LogP contribution in [-0.4, -0.2) is 42.8 Å². The first-order valence-corrected chi connectivity index (χ1v) is 6.79. The van der Waals surface area contributed by atoms with Crippen molar-refractivity contribution in [1.29, 1.82) is 0 Å². The lowest BCUT2D eigenvalue weighted by molar-refractivity contribution is -0.144. The Balaban J connectivity index is 1.74. The number of amides is 1. The Labute approximate surface area is 107 Å². The van der Waals surface area contributed by atoms with Crippen LogP contribution in [0.3, 0.4) is 0 Å². The summed E-state index contributed by atoms with van der Waals surface area (Å²) in [6.45, 7) is 3.51. The molecule has 0 N–H and O–H groups in total. The van der Waals surface area contributed by atoms with E-state index in [1.54, 1.807) is 0 Å².